The largest absolute Gasteiger partial charge is 0.507 e. The summed E-state index contributed by atoms with van der Waals surface area (Å²) in [5.41, 5.74) is 2.40. The summed E-state index contributed by atoms with van der Waals surface area (Å²) in [5, 5.41) is 11.2. The van der Waals surface area contributed by atoms with Gasteiger partial charge in [-0.3, -0.25) is 14.5 Å². The van der Waals surface area contributed by atoms with Gasteiger partial charge in [0.25, 0.3) is 11.7 Å². The predicted molar refractivity (Wildman–Crippen MR) is 120 cm³/mol. The Bertz CT molecular complexity index is 1260. The van der Waals surface area contributed by atoms with Crippen LogP contribution in [0.1, 0.15) is 28.3 Å². The van der Waals surface area contributed by atoms with E-state index in [-0.39, 0.29) is 16.9 Å². The minimum absolute atomic E-state index is 0.0752. The molecule has 1 N–H and O–H groups in total. The maximum atomic E-state index is 13.8. The number of ketones is 1. The number of hydrogen-bond acceptors (Lipinski definition) is 4. The molecule has 0 aromatic heterocycles. The van der Waals surface area contributed by atoms with Crippen LogP contribution in [0.5, 0.6) is 5.75 Å². The van der Waals surface area contributed by atoms with E-state index >= 15 is 0 Å². The SMILES string of the molecule is COc1ccccc1C1/C(=C(\O)c2ccc(F)c(C)c2)C(=O)C(=O)N1c1ccccc1C. The molecule has 32 heavy (non-hydrogen) atoms. The number of benzene rings is 3. The molecular formula is C26H22FNO4. The van der Waals surface area contributed by atoms with E-state index in [0.717, 1.165) is 5.56 Å². The first-order valence-corrected chi connectivity index (χ1v) is 10.1. The van der Waals surface area contributed by atoms with E-state index in [2.05, 4.69) is 0 Å². The summed E-state index contributed by atoms with van der Waals surface area (Å²) in [5.74, 6) is -1.89. The minimum atomic E-state index is -0.919. The lowest BCUT2D eigenvalue weighted by atomic mass is 9.94. The van der Waals surface area contributed by atoms with Gasteiger partial charge in [-0.05, 0) is 55.3 Å². The van der Waals surface area contributed by atoms with Crippen molar-refractivity contribution < 1.29 is 23.8 Å². The van der Waals surface area contributed by atoms with Gasteiger partial charge in [-0.25, -0.2) is 4.39 Å². The number of carbonyl (C=O) groups excluding carboxylic acids is 2. The lowest BCUT2D eigenvalue weighted by Crippen LogP contribution is -2.30. The van der Waals surface area contributed by atoms with Crippen LogP contribution in [-0.2, 0) is 9.59 Å². The highest BCUT2D eigenvalue weighted by atomic mass is 19.1. The Labute approximate surface area is 185 Å². The average Bonchev–Trinajstić information content (AvgIpc) is 3.05. The zero-order chi connectivity index (χ0) is 23.0. The van der Waals surface area contributed by atoms with Crippen molar-refractivity contribution in [3.05, 3.63) is 100 Å². The number of aryl methyl sites for hydroxylation is 2. The van der Waals surface area contributed by atoms with Crippen molar-refractivity contribution in [1.29, 1.82) is 0 Å². The zero-order valence-electron chi connectivity index (χ0n) is 17.9. The number of ether oxygens (including phenoxy) is 1. The number of rotatable bonds is 4. The van der Waals surface area contributed by atoms with Crippen LogP contribution >= 0.6 is 0 Å². The summed E-state index contributed by atoms with van der Waals surface area (Å²) in [7, 11) is 1.50. The molecule has 1 atom stereocenters. The highest BCUT2D eigenvalue weighted by Crippen LogP contribution is 2.45. The highest BCUT2D eigenvalue weighted by molar-refractivity contribution is 6.51. The number of Topliss-reactive ketones (excluding diaryl/α,β-unsaturated/α-hetero) is 1. The van der Waals surface area contributed by atoms with Crippen LogP contribution in [0.25, 0.3) is 5.76 Å². The number of aliphatic hydroxyl groups is 1. The molecule has 1 unspecified atom stereocenters. The van der Waals surface area contributed by atoms with Crippen molar-refractivity contribution in [2.45, 2.75) is 19.9 Å². The minimum Gasteiger partial charge on any atom is -0.507 e. The van der Waals surface area contributed by atoms with Gasteiger partial charge in [0.2, 0.25) is 0 Å². The fourth-order valence-corrected chi connectivity index (χ4v) is 4.05. The molecule has 0 spiro atoms. The Balaban J connectivity index is 2.01. The van der Waals surface area contributed by atoms with Crippen molar-refractivity contribution in [2.75, 3.05) is 12.0 Å². The van der Waals surface area contributed by atoms with Crippen LogP contribution < -0.4 is 9.64 Å². The van der Waals surface area contributed by atoms with Crippen LogP contribution in [0.2, 0.25) is 0 Å². The van der Waals surface area contributed by atoms with Crippen LogP contribution in [-0.4, -0.2) is 23.9 Å². The number of nitrogens with zero attached hydrogens (tertiary/aromatic N) is 1. The number of anilines is 1. The molecule has 5 nitrogen and oxygen atoms in total. The molecule has 3 aromatic rings. The number of carbonyl (C=O) groups is 2. The lowest BCUT2D eigenvalue weighted by molar-refractivity contribution is -0.132. The molecule has 6 heteroatoms. The summed E-state index contributed by atoms with van der Waals surface area (Å²) in [6, 6.07) is 17.4. The number of para-hydroxylation sites is 2. The smallest absolute Gasteiger partial charge is 0.300 e. The third-order valence-corrected chi connectivity index (χ3v) is 5.68. The Morgan fingerprint density at radius 3 is 2.34 bits per heavy atom. The van der Waals surface area contributed by atoms with Gasteiger partial charge in [-0.2, -0.15) is 0 Å². The molecule has 1 heterocycles. The first-order valence-electron chi connectivity index (χ1n) is 10.1. The fourth-order valence-electron chi connectivity index (χ4n) is 4.05. The maximum absolute atomic E-state index is 13.8. The van der Waals surface area contributed by atoms with Gasteiger partial charge in [0.1, 0.15) is 17.3 Å². The van der Waals surface area contributed by atoms with Crippen LogP contribution in [0.4, 0.5) is 10.1 Å². The standard InChI is InChI=1S/C26H22FNO4/c1-15-8-4-6-10-20(15)28-23(18-9-5-7-11-21(18)32-3)22(25(30)26(28)31)24(29)17-12-13-19(27)16(2)14-17/h4-14,23,29H,1-3H3/b24-22+. The summed E-state index contributed by atoms with van der Waals surface area (Å²) in [6.45, 7) is 3.41. The van der Waals surface area contributed by atoms with Crippen LogP contribution in [0.3, 0.4) is 0 Å². The van der Waals surface area contributed by atoms with Gasteiger partial charge in [-0.1, -0.05) is 36.4 Å². The van der Waals surface area contributed by atoms with Crippen LogP contribution in [0.15, 0.2) is 72.3 Å². The third-order valence-electron chi connectivity index (χ3n) is 5.68. The first kappa shape index (κ1) is 21.3. The molecule has 1 amide bonds. The van der Waals surface area contributed by atoms with Gasteiger partial charge in [0, 0.05) is 16.8 Å². The number of amides is 1. The van der Waals surface area contributed by atoms with Crippen molar-refractivity contribution in [2.24, 2.45) is 0 Å². The van der Waals surface area contributed by atoms with Gasteiger partial charge < -0.3 is 9.84 Å². The number of methoxy groups -OCH3 is 1. The van der Waals surface area contributed by atoms with E-state index in [0.29, 0.717) is 22.6 Å². The molecule has 162 valence electrons. The second kappa shape index (κ2) is 8.30. The van der Waals surface area contributed by atoms with Gasteiger partial charge in [0.05, 0.1) is 18.7 Å². The number of hydrogen-bond donors (Lipinski definition) is 1. The second-order valence-electron chi connectivity index (χ2n) is 7.66. The molecule has 0 bridgehead atoms. The predicted octanol–water partition coefficient (Wildman–Crippen LogP) is 5.08. The molecule has 0 saturated carbocycles. The molecule has 0 aliphatic carbocycles. The summed E-state index contributed by atoms with van der Waals surface area (Å²) < 4.78 is 19.3. The topological polar surface area (TPSA) is 66.8 Å². The van der Waals surface area contributed by atoms with Gasteiger partial charge in [-0.15, -0.1) is 0 Å². The lowest BCUT2D eigenvalue weighted by Gasteiger charge is -2.27. The first-order chi connectivity index (χ1) is 15.3. The van der Waals surface area contributed by atoms with Crippen LogP contribution in [0, 0.1) is 19.7 Å². The quantitative estimate of drug-likeness (QED) is 0.356. The van der Waals surface area contributed by atoms with E-state index in [1.165, 1.54) is 30.2 Å². The molecule has 1 aliphatic heterocycles. The van der Waals surface area contributed by atoms with E-state index in [1.54, 1.807) is 43.3 Å². The molecule has 1 fully saturated rings. The molecular weight excluding hydrogens is 409 g/mol. The second-order valence-corrected chi connectivity index (χ2v) is 7.66. The summed E-state index contributed by atoms with van der Waals surface area (Å²) in [6.07, 6.45) is 0. The molecule has 3 aromatic carbocycles. The number of aliphatic hydroxyl groups excluding tert-OH is 1. The molecule has 4 rings (SSSR count). The Morgan fingerprint density at radius 2 is 1.66 bits per heavy atom. The third kappa shape index (κ3) is 3.43. The molecule has 1 aliphatic rings. The van der Waals surface area contributed by atoms with Crippen molar-refractivity contribution in [3.8, 4) is 5.75 Å². The van der Waals surface area contributed by atoms with Crippen molar-refractivity contribution in [1.82, 2.24) is 0 Å². The van der Waals surface area contributed by atoms with Crippen molar-refractivity contribution >= 4 is 23.1 Å². The maximum Gasteiger partial charge on any atom is 0.300 e. The average molecular weight is 431 g/mol. The molecule has 1 saturated heterocycles. The molecule has 0 radical (unpaired) electrons. The Morgan fingerprint density at radius 1 is 0.969 bits per heavy atom. The fraction of sp³-hybridized carbons (Fsp3) is 0.154. The van der Waals surface area contributed by atoms with E-state index < -0.39 is 23.5 Å². The summed E-state index contributed by atoms with van der Waals surface area (Å²) in [4.78, 5) is 27.9. The van der Waals surface area contributed by atoms with E-state index in [9.17, 15) is 19.1 Å². The van der Waals surface area contributed by atoms with Gasteiger partial charge >= 0.3 is 0 Å². The number of halogens is 1. The Hall–Kier alpha value is -3.93. The van der Waals surface area contributed by atoms with E-state index in [1.807, 2.05) is 19.1 Å². The zero-order valence-corrected chi connectivity index (χ0v) is 17.9. The van der Waals surface area contributed by atoms with Crippen molar-refractivity contribution in [3.63, 3.8) is 0 Å². The van der Waals surface area contributed by atoms with E-state index in [4.69, 9.17) is 4.74 Å². The highest BCUT2D eigenvalue weighted by Gasteiger charge is 2.48. The summed E-state index contributed by atoms with van der Waals surface area (Å²) >= 11 is 0. The van der Waals surface area contributed by atoms with Gasteiger partial charge in [0.15, 0.2) is 0 Å². The Kier molecular flexibility index (Phi) is 5.53. The monoisotopic (exact) mass is 431 g/mol. The normalized spacial score (nSPS) is 17.6.